The molecule has 0 aromatic heterocycles. The number of unbranched alkanes of at least 4 members (excludes halogenated alkanes) is 7. The second-order valence-electron chi connectivity index (χ2n) is 8.80. The van der Waals surface area contributed by atoms with Crippen molar-refractivity contribution in [2.24, 2.45) is 17.8 Å². The summed E-state index contributed by atoms with van der Waals surface area (Å²) in [5.74, 6) is 2.67. The van der Waals surface area contributed by atoms with E-state index in [-0.39, 0.29) is 11.6 Å². The van der Waals surface area contributed by atoms with E-state index in [0.29, 0.717) is 6.42 Å². The Kier molecular flexibility index (Phi) is 6.04. The Balaban J connectivity index is 1.29. The summed E-state index contributed by atoms with van der Waals surface area (Å²) in [5, 5.41) is 0. The van der Waals surface area contributed by atoms with Crippen molar-refractivity contribution in [1.82, 2.24) is 0 Å². The molecule has 23 heavy (non-hydrogen) atoms. The average molecular weight is 321 g/mol. The Morgan fingerprint density at radius 1 is 0.826 bits per heavy atom. The van der Waals surface area contributed by atoms with Crippen molar-refractivity contribution >= 4 is 5.97 Å². The summed E-state index contributed by atoms with van der Waals surface area (Å²) in [6.45, 7) is 2.26. The van der Waals surface area contributed by atoms with Gasteiger partial charge in [0, 0.05) is 6.42 Å². The zero-order valence-electron chi connectivity index (χ0n) is 15.2. The normalized spacial score (nSPS) is 34.7. The molecule has 2 heteroatoms. The van der Waals surface area contributed by atoms with Crippen LogP contribution in [0.3, 0.4) is 0 Å². The highest BCUT2D eigenvalue weighted by molar-refractivity contribution is 5.70. The molecule has 0 heterocycles. The molecule has 4 saturated carbocycles. The monoisotopic (exact) mass is 320 g/mol. The lowest BCUT2D eigenvalue weighted by Crippen LogP contribution is -2.52. The fourth-order valence-corrected chi connectivity index (χ4v) is 5.85. The molecule has 4 bridgehead atoms. The molecule has 132 valence electrons. The van der Waals surface area contributed by atoms with Crippen LogP contribution in [0.15, 0.2) is 0 Å². The van der Waals surface area contributed by atoms with Gasteiger partial charge >= 0.3 is 5.97 Å². The third-order valence-corrected chi connectivity index (χ3v) is 6.55. The minimum atomic E-state index is -0.0357. The predicted molar refractivity (Wildman–Crippen MR) is 94.2 cm³/mol. The molecule has 4 rings (SSSR count). The van der Waals surface area contributed by atoms with Gasteiger partial charge in [0.1, 0.15) is 5.60 Å². The maximum atomic E-state index is 12.3. The van der Waals surface area contributed by atoms with E-state index in [9.17, 15) is 4.79 Å². The molecular formula is C21H36O2. The minimum absolute atomic E-state index is 0.0357. The third kappa shape index (κ3) is 4.73. The van der Waals surface area contributed by atoms with Gasteiger partial charge in [-0.05, 0) is 62.7 Å². The highest BCUT2D eigenvalue weighted by Crippen LogP contribution is 2.57. The summed E-state index contributed by atoms with van der Waals surface area (Å²) in [5.41, 5.74) is -0.0357. The minimum Gasteiger partial charge on any atom is -0.459 e. The van der Waals surface area contributed by atoms with Crippen LogP contribution in [0, 0.1) is 17.8 Å². The van der Waals surface area contributed by atoms with Crippen LogP contribution in [0.5, 0.6) is 0 Å². The number of ether oxygens (including phenoxy) is 1. The molecule has 0 radical (unpaired) electrons. The lowest BCUT2D eigenvalue weighted by atomic mass is 9.54. The van der Waals surface area contributed by atoms with Crippen molar-refractivity contribution < 1.29 is 9.53 Å². The van der Waals surface area contributed by atoms with E-state index in [1.807, 2.05) is 0 Å². The molecule has 0 spiro atoms. The number of carbonyl (C=O) groups is 1. The molecule has 0 aliphatic heterocycles. The molecule has 0 atom stereocenters. The van der Waals surface area contributed by atoms with Gasteiger partial charge in [-0.3, -0.25) is 4.79 Å². The topological polar surface area (TPSA) is 26.3 Å². The highest BCUT2D eigenvalue weighted by atomic mass is 16.6. The standard InChI is InChI=1S/C21H36O2/c1-2-3-4-5-6-7-8-9-10-20(22)23-21-14-17-11-18(15-21)13-19(12-17)16-21/h17-19H,2-16H2,1H3. The summed E-state index contributed by atoms with van der Waals surface area (Å²) < 4.78 is 6.07. The van der Waals surface area contributed by atoms with Gasteiger partial charge in [-0.1, -0.05) is 51.9 Å². The Morgan fingerprint density at radius 3 is 1.83 bits per heavy atom. The molecule has 4 aliphatic carbocycles. The molecule has 4 aliphatic rings. The van der Waals surface area contributed by atoms with E-state index in [1.165, 1.54) is 83.5 Å². The van der Waals surface area contributed by atoms with E-state index >= 15 is 0 Å². The molecule has 0 amide bonds. The number of carbonyl (C=O) groups excluding carboxylic acids is 1. The molecule has 2 nitrogen and oxygen atoms in total. The van der Waals surface area contributed by atoms with Crippen molar-refractivity contribution in [3.63, 3.8) is 0 Å². The number of hydrogen-bond acceptors (Lipinski definition) is 2. The van der Waals surface area contributed by atoms with Gasteiger partial charge in [0.05, 0.1) is 0 Å². The van der Waals surface area contributed by atoms with Crippen LogP contribution >= 0.6 is 0 Å². The zero-order valence-corrected chi connectivity index (χ0v) is 15.2. The smallest absolute Gasteiger partial charge is 0.306 e. The summed E-state index contributed by atoms with van der Waals surface area (Å²) >= 11 is 0. The largest absolute Gasteiger partial charge is 0.459 e. The lowest BCUT2D eigenvalue weighted by molar-refractivity contribution is -0.186. The van der Waals surface area contributed by atoms with Crippen LogP contribution in [-0.2, 0) is 9.53 Å². The van der Waals surface area contributed by atoms with Crippen molar-refractivity contribution in [3.05, 3.63) is 0 Å². The second kappa shape index (κ2) is 8.03. The third-order valence-electron chi connectivity index (χ3n) is 6.55. The number of rotatable bonds is 10. The first kappa shape index (κ1) is 17.3. The number of esters is 1. The van der Waals surface area contributed by atoms with E-state index in [0.717, 1.165) is 24.2 Å². The van der Waals surface area contributed by atoms with Crippen molar-refractivity contribution in [1.29, 1.82) is 0 Å². The van der Waals surface area contributed by atoms with Crippen molar-refractivity contribution in [2.75, 3.05) is 0 Å². The van der Waals surface area contributed by atoms with Crippen LogP contribution in [0.2, 0.25) is 0 Å². The fourth-order valence-electron chi connectivity index (χ4n) is 5.85. The van der Waals surface area contributed by atoms with Crippen LogP contribution < -0.4 is 0 Å². The Bertz CT molecular complexity index is 352. The molecule has 0 aromatic carbocycles. The summed E-state index contributed by atoms with van der Waals surface area (Å²) in [6, 6.07) is 0. The van der Waals surface area contributed by atoms with E-state index in [1.54, 1.807) is 0 Å². The fraction of sp³-hybridized carbons (Fsp3) is 0.952. The molecule has 0 saturated heterocycles. The van der Waals surface area contributed by atoms with Gasteiger partial charge < -0.3 is 4.74 Å². The Hall–Kier alpha value is -0.530. The van der Waals surface area contributed by atoms with Gasteiger partial charge in [0.2, 0.25) is 0 Å². The van der Waals surface area contributed by atoms with Crippen LogP contribution in [0.25, 0.3) is 0 Å². The van der Waals surface area contributed by atoms with E-state index in [2.05, 4.69) is 6.92 Å². The van der Waals surface area contributed by atoms with Crippen LogP contribution in [-0.4, -0.2) is 11.6 Å². The zero-order chi connectivity index (χ0) is 16.1. The molecule has 0 aromatic rings. The van der Waals surface area contributed by atoms with Crippen molar-refractivity contribution in [2.45, 2.75) is 109 Å². The maximum Gasteiger partial charge on any atom is 0.306 e. The van der Waals surface area contributed by atoms with Gasteiger partial charge in [-0.25, -0.2) is 0 Å². The molecule has 4 fully saturated rings. The van der Waals surface area contributed by atoms with Gasteiger partial charge in [0.15, 0.2) is 0 Å². The van der Waals surface area contributed by atoms with Crippen LogP contribution in [0.1, 0.15) is 103 Å². The second-order valence-corrected chi connectivity index (χ2v) is 8.80. The summed E-state index contributed by atoms with van der Waals surface area (Å²) in [6.07, 6.45) is 18.7. The Morgan fingerprint density at radius 2 is 1.30 bits per heavy atom. The van der Waals surface area contributed by atoms with E-state index < -0.39 is 0 Å². The Labute approximate surface area is 142 Å². The molecule has 0 unspecified atom stereocenters. The van der Waals surface area contributed by atoms with Crippen LogP contribution in [0.4, 0.5) is 0 Å². The first-order valence-electron chi connectivity index (χ1n) is 10.4. The molecular weight excluding hydrogens is 284 g/mol. The molecule has 0 N–H and O–H groups in total. The van der Waals surface area contributed by atoms with Gasteiger partial charge in [-0.2, -0.15) is 0 Å². The van der Waals surface area contributed by atoms with E-state index in [4.69, 9.17) is 4.74 Å². The number of hydrogen-bond donors (Lipinski definition) is 0. The van der Waals surface area contributed by atoms with Gasteiger partial charge in [0.25, 0.3) is 0 Å². The van der Waals surface area contributed by atoms with Gasteiger partial charge in [-0.15, -0.1) is 0 Å². The maximum absolute atomic E-state index is 12.3. The quantitative estimate of drug-likeness (QED) is 0.363. The summed E-state index contributed by atoms with van der Waals surface area (Å²) in [7, 11) is 0. The first-order valence-corrected chi connectivity index (χ1v) is 10.4. The lowest BCUT2D eigenvalue weighted by Gasteiger charge is -2.55. The SMILES string of the molecule is CCCCCCCCCCC(=O)OC12CC3CC(CC(C3)C1)C2. The summed E-state index contributed by atoms with van der Waals surface area (Å²) in [4.78, 5) is 12.3. The van der Waals surface area contributed by atoms with Crippen molar-refractivity contribution in [3.8, 4) is 0 Å². The highest BCUT2D eigenvalue weighted by Gasteiger charge is 2.53. The first-order chi connectivity index (χ1) is 11.2. The predicted octanol–water partition coefficient (Wildman–Crippen LogP) is 6.03. The average Bonchev–Trinajstić information content (AvgIpc) is 2.48.